The number of esters is 1. The molecule has 12 heavy (non-hydrogen) atoms. The van der Waals surface area contributed by atoms with Crippen LogP contribution >= 0.6 is 0 Å². The average Bonchev–Trinajstić information content (AvgIpc) is 1.35. The highest BCUT2D eigenvalue weighted by atomic mass is 16.5. The van der Waals surface area contributed by atoms with E-state index in [2.05, 4.69) is 4.74 Å². The Labute approximate surface area is 70.0 Å². The van der Waals surface area contributed by atoms with Gasteiger partial charge in [0.05, 0.1) is 6.61 Å². The Morgan fingerprint density at radius 3 is 1.25 bits per heavy atom. The minimum absolute atomic E-state index is 0. The fourth-order valence-electron chi connectivity index (χ4n) is 0.203. The summed E-state index contributed by atoms with van der Waals surface area (Å²) < 4.78 is 4.40. The maximum absolute atomic E-state index is 9.82. The first-order chi connectivity index (χ1) is 2.77. The minimum Gasteiger partial charge on any atom is -0.466 e. The molecule has 0 fully saturated rings. The largest absolute Gasteiger partial charge is 0.466 e. The predicted octanol–water partition coefficient (Wildman–Crippen LogP) is -4.38. The first-order valence-electron chi connectivity index (χ1n) is 1.90. The highest BCUT2D eigenvalue weighted by Gasteiger charge is 1.81. The molecule has 0 aliphatic heterocycles. The second-order valence-electron chi connectivity index (χ2n) is 0.925. The molecule has 8 nitrogen and oxygen atoms in total. The number of ether oxygens (including phenoxy) is 1. The standard InChI is InChI=1S/C4H8O2.6H2O/c1-3-6-4(2)5;;;;;;/h3H2,1-2H3;6*1H2. The van der Waals surface area contributed by atoms with Crippen molar-refractivity contribution >= 4 is 5.97 Å². The molecule has 8 heteroatoms. The summed E-state index contributed by atoms with van der Waals surface area (Å²) in [5, 5.41) is 0. The van der Waals surface area contributed by atoms with E-state index in [0.717, 1.165) is 0 Å². The van der Waals surface area contributed by atoms with Gasteiger partial charge in [0.2, 0.25) is 0 Å². The molecule has 0 unspecified atom stereocenters. The van der Waals surface area contributed by atoms with Crippen molar-refractivity contribution in [2.75, 3.05) is 6.61 Å². The molecule has 12 N–H and O–H groups in total. The summed E-state index contributed by atoms with van der Waals surface area (Å²) in [5.41, 5.74) is 0. The van der Waals surface area contributed by atoms with Gasteiger partial charge in [0.15, 0.2) is 0 Å². The first kappa shape index (κ1) is 65.7. The van der Waals surface area contributed by atoms with E-state index >= 15 is 0 Å². The van der Waals surface area contributed by atoms with Crippen molar-refractivity contribution in [3.8, 4) is 0 Å². The quantitative estimate of drug-likeness (QED) is 0.379. The van der Waals surface area contributed by atoms with Crippen LogP contribution < -0.4 is 0 Å². The molecule has 0 aromatic carbocycles. The van der Waals surface area contributed by atoms with Gasteiger partial charge in [-0.1, -0.05) is 0 Å². The topological polar surface area (TPSA) is 215 Å². The molecule has 0 heterocycles. The number of rotatable bonds is 1. The van der Waals surface area contributed by atoms with Gasteiger partial charge in [-0.2, -0.15) is 0 Å². The van der Waals surface area contributed by atoms with Crippen molar-refractivity contribution in [2.45, 2.75) is 13.8 Å². The summed E-state index contributed by atoms with van der Waals surface area (Å²) in [5.74, 6) is -0.211. The van der Waals surface area contributed by atoms with Crippen molar-refractivity contribution in [3.05, 3.63) is 0 Å². The summed E-state index contributed by atoms with van der Waals surface area (Å²) in [7, 11) is 0. The molecule has 0 atom stereocenters. The van der Waals surface area contributed by atoms with E-state index in [9.17, 15) is 4.79 Å². The zero-order valence-electron chi connectivity index (χ0n) is 7.02. The number of carbonyl (C=O) groups is 1. The van der Waals surface area contributed by atoms with Crippen molar-refractivity contribution in [1.82, 2.24) is 0 Å². The Kier molecular flexibility index (Phi) is 267. The van der Waals surface area contributed by atoms with Gasteiger partial charge in [-0.25, -0.2) is 0 Å². The monoisotopic (exact) mass is 196 g/mol. The molecule has 0 aliphatic rings. The zero-order chi connectivity index (χ0) is 4.99. The number of carbonyl (C=O) groups excluding carboxylic acids is 1. The fourth-order valence-corrected chi connectivity index (χ4v) is 0.203. The Morgan fingerprint density at radius 2 is 1.25 bits per heavy atom. The number of hydrogen-bond donors (Lipinski definition) is 0. The Morgan fingerprint density at radius 1 is 1.00 bits per heavy atom. The van der Waals surface area contributed by atoms with Crippen LogP contribution in [-0.2, 0) is 9.53 Å². The lowest BCUT2D eigenvalue weighted by atomic mass is 10.8. The van der Waals surface area contributed by atoms with Crippen LogP contribution in [0.25, 0.3) is 0 Å². The van der Waals surface area contributed by atoms with Crippen LogP contribution in [0.15, 0.2) is 0 Å². The average molecular weight is 196 g/mol. The van der Waals surface area contributed by atoms with E-state index in [4.69, 9.17) is 0 Å². The molecule has 0 aromatic heterocycles. The first-order valence-corrected chi connectivity index (χ1v) is 1.90. The molecule has 0 saturated heterocycles. The highest BCUT2D eigenvalue weighted by Crippen LogP contribution is 1.69. The lowest BCUT2D eigenvalue weighted by Crippen LogP contribution is -1.95. The normalized spacial score (nSPS) is 3.83. The Balaban J connectivity index is -0.00000000833. The molecule has 0 saturated carbocycles. The van der Waals surface area contributed by atoms with E-state index in [-0.39, 0.29) is 38.8 Å². The molecule has 0 amide bonds. The van der Waals surface area contributed by atoms with Crippen LogP contribution in [-0.4, -0.2) is 45.4 Å². The maximum atomic E-state index is 9.82. The van der Waals surface area contributed by atoms with Crippen molar-refractivity contribution in [2.24, 2.45) is 0 Å². The molecular weight excluding hydrogens is 176 g/mol. The lowest BCUT2D eigenvalue weighted by molar-refractivity contribution is -0.140. The van der Waals surface area contributed by atoms with Crippen molar-refractivity contribution < 1.29 is 42.4 Å². The van der Waals surface area contributed by atoms with E-state index in [1.54, 1.807) is 6.92 Å². The van der Waals surface area contributed by atoms with Gasteiger partial charge in [0.25, 0.3) is 0 Å². The van der Waals surface area contributed by atoms with E-state index in [1.165, 1.54) is 6.92 Å². The summed E-state index contributed by atoms with van der Waals surface area (Å²) in [6, 6.07) is 0. The third-order valence-electron chi connectivity index (χ3n) is 0.348. The van der Waals surface area contributed by atoms with Gasteiger partial charge in [0.1, 0.15) is 0 Å². The van der Waals surface area contributed by atoms with Gasteiger partial charge < -0.3 is 37.6 Å². The van der Waals surface area contributed by atoms with Crippen LogP contribution in [0, 0.1) is 0 Å². The summed E-state index contributed by atoms with van der Waals surface area (Å²) in [4.78, 5) is 9.82. The van der Waals surface area contributed by atoms with Gasteiger partial charge in [-0.3, -0.25) is 4.79 Å². The molecule has 0 spiro atoms. The summed E-state index contributed by atoms with van der Waals surface area (Å²) in [6.07, 6.45) is 0. The molecule has 0 radical (unpaired) electrons. The molecule has 0 aromatic rings. The van der Waals surface area contributed by atoms with Crippen molar-refractivity contribution in [1.29, 1.82) is 0 Å². The van der Waals surface area contributed by atoms with Crippen LogP contribution in [0.4, 0.5) is 0 Å². The molecule has 0 bridgehead atoms. The van der Waals surface area contributed by atoms with E-state index in [0.29, 0.717) is 6.61 Å². The third-order valence-corrected chi connectivity index (χ3v) is 0.348. The number of hydrogen-bond acceptors (Lipinski definition) is 2. The van der Waals surface area contributed by atoms with Gasteiger partial charge in [-0.05, 0) is 6.92 Å². The maximum Gasteiger partial charge on any atom is 0.302 e. The minimum atomic E-state index is -0.211. The van der Waals surface area contributed by atoms with Crippen LogP contribution in [0.5, 0.6) is 0 Å². The Bertz CT molecular complexity index is 55.0. The molecule has 0 aliphatic carbocycles. The van der Waals surface area contributed by atoms with Gasteiger partial charge in [0, 0.05) is 6.92 Å². The fraction of sp³-hybridized carbons (Fsp3) is 0.750. The van der Waals surface area contributed by atoms with Crippen LogP contribution in [0.3, 0.4) is 0 Å². The van der Waals surface area contributed by atoms with E-state index < -0.39 is 0 Å². The Hall–Kier alpha value is -0.770. The lowest BCUT2D eigenvalue weighted by Gasteiger charge is -1.89. The molecule has 84 valence electrons. The predicted molar refractivity (Wildman–Crippen MR) is 44.0 cm³/mol. The van der Waals surface area contributed by atoms with Gasteiger partial charge in [-0.15, -0.1) is 0 Å². The summed E-state index contributed by atoms with van der Waals surface area (Å²) in [6.45, 7) is 3.65. The van der Waals surface area contributed by atoms with Crippen LogP contribution in [0.1, 0.15) is 13.8 Å². The molecule has 0 rings (SSSR count). The third kappa shape index (κ3) is 126. The second kappa shape index (κ2) is 48.7. The van der Waals surface area contributed by atoms with E-state index in [1.807, 2.05) is 0 Å². The summed E-state index contributed by atoms with van der Waals surface area (Å²) >= 11 is 0. The van der Waals surface area contributed by atoms with Crippen molar-refractivity contribution in [3.63, 3.8) is 0 Å². The smallest absolute Gasteiger partial charge is 0.302 e. The highest BCUT2D eigenvalue weighted by molar-refractivity contribution is 5.65. The zero-order valence-corrected chi connectivity index (χ0v) is 7.02. The second-order valence-corrected chi connectivity index (χ2v) is 0.925. The van der Waals surface area contributed by atoms with Gasteiger partial charge >= 0.3 is 5.97 Å². The SMILES string of the molecule is CCOC(C)=O.O.O.O.O.O.O. The molecular formula is C4H20O8. The van der Waals surface area contributed by atoms with Crippen LogP contribution in [0.2, 0.25) is 0 Å².